The monoisotopic (exact) mass is 345 g/mol. The summed E-state index contributed by atoms with van der Waals surface area (Å²) in [6, 6.07) is 18.6. The summed E-state index contributed by atoms with van der Waals surface area (Å²) in [5, 5.41) is 5.41. The minimum absolute atomic E-state index is 0.114. The summed E-state index contributed by atoms with van der Waals surface area (Å²) in [5.41, 5.74) is 0.464. The van der Waals surface area contributed by atoms with Gasteiger partial charge in [0.1, 0.15) is 5.75 Å². The molecule has 0 bridgehead atoms. The normalized spacial score (nSPS) is 10.5. The Bertz CT molecular complexity index is 859. The molecule has 3 nitrogen and oxygen atoms in total. The molecule has 0 fully saturated rings. The van der Waals surface area contributed by atoms with Crippen LogP contribution >= 0.6 is 23.2 Å². The number of halogens is 2. The Labute approximate surface area is 143 Å². The number of anilines is 1. The molecule has 0 heterocycles. The third-order valence-electron chi connectivity index (χ3n) is 3.33. The predicted molar refractivity (Wildman–Crippen MR) is 94.5 cm³/mol. The van der Waals surface area contributed by atoms with E-state index in [1.54, 1.807) is 18.2 Å². The number of carbonyl (C=O) groups is 1. The zero-order valence-corrected chi connectivity index (χ0v) is 13.6. The molecule has 0 radical (unpaired) electrons. The van der Waals surface area contributed by atoms with Crippen LogP contribution in [0.25, 0.3) is 10.8 Å². The minimum atomic E-state index is -0.304. The quantitative estimate of drug-likeness (QED) is 0.708. The highest BCUT2D eigenvalue weighted by Gasteiger charge is 2.09. The maximum Gasteiger partial charge on any atom is 0.262 e. The van der Waals surface area contributed by atoms with Gasteiger partial charge in [0.05, 0.1) is 15.7 Å². The first kappa shape index (κ1) is 15.7. The highest BCUT2D eigenvalue weighted by Crippen LogP contribution is 2.29. The van der Waals surface area contributed by atoms with Crippen molar-refractivity contribution in [1.29, 1.82) is 0 Å². The van der Waals surface area contributed by atoms with E-state index in [1.165, 1.54) is 0 Å². The second-order valence-electron chi connectivity index (χ2n) is 4.92. The molecule has 0 atom stereocenters. The van der Waals surface area contributed by atoms with E-state index in [9.17, 15) is 4.79 Å². The summed E-state index contributed by atoms with van der Waals surface area (Å²) in [6.45, 7) is -0.114. The Morgan fingerprint density at radius 2 is 1.70 bits per heavy atom. The maximum atomic E-state index is 12.0. The fourth-order valence-corrected chi connectivity index (χ4v) is 2.60. The average Bonchev–Trinajstić information content (AvgIpc) is 2.57. The van der Waals surface area contributed by atoms with E-state index in [4.69, 9.17) is 27.9 Å². The molecule has 0 aromatic heterocycles. The van der Waals surface area contributed by atoms with Crippen LogP contribution in [0.1, 0.15) is 0 Å². The van der Waals surface area contributed by atoms with Gasteiger partial charge in [0.15, 0.2) is 6.61 Å². The van der Waals surface area contributed by atoms with Crippen molar-refractivity contribution in [2.75, 3.05) is 11.9 Å². The molecule has 5 heteroatoms. The number of ether oxygens (including phenoxy) is 1. The smallest absolute Gasteiger partial charge is 0.262 e. The van der Waals surface area contributed by atoms with Crippen LogP contribution in [0.3, 0.4) is 0 Å². The third kappa shape index (κ3) is 3.58. The van der Waals surface area contributed by atoms with Gasteiger partial charge < -0.3 is 10.1 Å². The van der Waals surface area contributed by atoms with E-state index in [1.807, 2.05) is 42.5 Å². The first-order chi connectivity index (χ1) is 11.1. The lowest BCUT2D eigenvalue weighted by Crippen LogP contribution is -2.20. The van der Waals surface area contributed by atoms with Crippen LogP contribution in [0, 0.1) is 0 Å². The van der Waals surface area contributed by atoms with Crippen LogP contribution in [0.4, 0.5) is 5.69 Å². The highest BCUT2D eigenvalue weighted by atomic mass is 35.5. The molecule has 0 saturated heterocycles. The van der Waals surface area contributed by atoms with Crippen molar-refractivity contribution in [1.82, 2.24) is 0 Å². The van der Waals surface area contributed by atoms with E-state index < -0.39 is 0 Å². The largest absolute Gasteiger partial charge is 0.483 e. The Morgan fingerprint density at radius 3 is 2.57 bits per heavy atom. The van der Waals surface area contributed by atoms with Gasteiger partial charge >= 0.3 is 0 Å². The minimum Gasteiger partial charge on any atom is -0.483 e. The van der Waals surface area contributed by atoms with E-state index in [0.717, 1.165) is 10.8 Å². The van der Waals surface area contributed by atoms with Gasteiger partial charge in [-0.25, -0.2) is 0 Å². The van der Waals surface area contributed by atoms with Crippen molar-refractivity contribution in [3.05, 3.63) is 70.7 Å². The Hall–Kier alpha value is -2.23. The van der Waals surface area contributed by atoms with Gasteiger partial charge in [0.25, 0.3) is 5.91 Å². The zero-order valence-electron chi connectivity index (χ0n) is 12.1. The molecule has 3 rings (SSSR count). The summed E-state index contributed by atoms with van der Waals surface area (Å²) in [4.78, 5) is 12.0. The molecule has 0 aliphatic heterocycles. The average molecular weight is 346 g/mol. The summed E-state index contributed by atoms with van der Waals surface area (Å²) in [5.74, 6) is 0.359. The standard InChI is InChI=1S/C18H13Cl2NO2/c19-14-8-4-9-15(18(14)20)21-17(22)11-23-16-10-3-6-12-5-1-2-7-13(12)16/h1-10H,11H2,(H,21,22). The topological polar surface area (TPSA) is 38.3 Å². The second-order valence-corrected chi connectivity index (χ2v) is 5.70. The van der Waals surface area contributed by atoms with E-state index in [0.29, 0.717) is 21.5 Å². The Balaban J connectivity index is 1.70. The number of fused-ring (bicyclic) bond motifs is 1. The first-order valence-corrected chi connectivity index (χ1v) is 7.75. The van der Waals surface area contributed by atoms with Gasteiger partial charge in [-0.05, 0) is 23.6 Å². The van der Waals surface area contributed by atoms with Gasteiger partial charge in [-0.1, -0.05) is 65.7 Å². The number of carbonyl (C=O) groups excluding carboxylic acids is 1. The molecule has 0 saturated carbocycles. The lowest BCUT2D eigenvalue weighted by atomic mass is 10.1. The lowest BCUT2D eigenvalue weighted by molar-refractivity contribution is -0.118. The van der Waals surface area contributed by atoms with Crippen LogP contribution in [-0.2, 0) is 4.79 Å². The van der Waals surface area contributed by atoms with Gasteiger partial charge in [0, 0.05) is 5.39 Å². The van der Waals surface area contributed by atoms with Crippen LogP contribution in [0.15, 0.2) is 60.7 Å². The lowest BCUT2D eigenvalue weighted by Gasteiger charge is -2.11. The van der Waals surface area contributed by atoms with E-state index >= 15 is 0 Å². The molecular weight excluding hydrogens is 333 g/mol. The fourth-order valence-electron chi connectivity index (χ4n) is 2.25. The van der Waals surface area contributed by atoms with Crippen molar-refractivity contribution < 1.29 is 9.53 Å². The van der Waals surface area contributed by atoms with Crippen molar-refractivity contribution in [3.8, 4) is 5.75 Å². The van der Waals surface area contributed by atoms with Crippen LogP contribution < -0.4 is 10.1 Å². The number of nitrogens with one attached hydrogen (secondary N) is 1. The van der Waals surface area contributed by atoms with Gasteiger partial charge in [-0.15, -0.1) is 0 Å². The van der Waals surface area contributed by atoms with Gasteiger partial charge in [0.2, 0.25) is 0 Å². The molecule has 23 heavy (non-hydrogen) atoms. The van der Waals surface area contributed by atoms with Crippen LogP contribution in [0.2, 0.25) is 10.0 Å². The summed E-state index contributed by atoms with van der Waals surface area (Å²) < 4.78 is 5.64. The number of benzene rings is 3. The Morgan fingerprint density at radius 1 is 0.957 bits per heavy atom. The molecule has 0 unspecified atom stereocenters. The molecule has 0 aliphatic carbocycles. The molecular formula is C18H13Cl2NO2. The fraction of sp³-hybridized carbons (Fsp3) is 0.0556. The summed E-state index contributed by atoms with van der Waals surface area (Å²) in [6.07, 6.45) is 0. The molecule has 3 aromatic carbocycles. The second kappa shape index (κ2) is 6.90. The van der Waals surface area contributed by atoms with Crippen molar-refractivity contribution in [2.45, 2.75) is 0 Å². The van der Waals surface area contributed by atoms with Gasteiger partial charge in [-0.2, -0.15) is 0 Å². The number of hydrogen-bond donors (Lipinski definition) is 1. The van der Waals surface area contributed by atoms with Crippen molar-refractivity contribution >= 4 is 45.6 Å². The molecule has 0 aliphatic rings. The number of amides is 1. The molecule has 116 valence electrons. The Kier molecular flexibility index (Phi) is 4.70. The van der Waals surface area contributed by atoms with Crippen molar-refractivity contribution in [2.24, 2.45) is 0 Å². The van der Waals surface area contributed by atoms with Crippen molar-refractivity contribution in [3.63, 3.8) is 0 Å². The number of rotatable bonds is 4. The highest BCUT2D eigenvalue weighted by molar-refractivity contribution is 6.44. The van der Waals surface area contributed by atoms with Gasteiger partial charge in [-0.3, -0.25) is 4.79 Å². The summed E-state index contributed by atoms with van der Waals surface area (Å²) in [7, 11) is 0. The van der Waals surface area contributed by atoms with Crippen LogP contribution in [0.5, 0.6) is 5.75 Å². The van der Waals surface area contributed by atoms with E-state index in [2.05, 4.69) is 5.32 Å². The maximum absolute atomic E-state index is 12.0. The predicted octanol–water partition coefficient (Wildman–Crippen LogP) is 5.16. The third-order valence-corrected chi connectivity index (χ3v) is 4.15. The molecule has 1 N–H and O–H groups in total. The molecule has 3 aromatic rings. The first-order valence-electron chi connectivity index (χ1n) is 6.99. The van der Waals surface area contributed by atoms with E-state index in [-0.39, 0.29) is 12.5 Å². The number of hydrogen-bond acceptors (Lipinski definition) is 2. The zero-order chi connectivity index (χ0) is 16.2. The molecule has 0 spiro atoms. The van der Waals surface area contributed by atoms with Crippen LogP contribution in [-0.4, -0.2) is 12.5 Å². The summed E-state index contributed by atoms with van der Waals surface area (Å²) >= 11 is 12.0. The SMILES string of the molecule is O=C(COc1cccc2ccccc12)Nc1cccc(Cl)c1Cl. The molecule has 1 amide bonds.